The van der Waals surface area contributed by atoms with Gasteiger partial charge in [0.25, 0.3) is 0 Å². The van der Waals surface area contributed by atoms with Crippen LogP contribution in [0.2, 0.25) is 0 Å². The van der Waals surface area contributed by atoms with Crippen molar-refractivity contribution in [2.75, 3.05) is 18.2 Å². The van der Waals surface area contributed by atoms with Crippen LogP contribution in [0.4, 0.5) is 16.5 Å². The number of anilines is 3. The minimum atomic E-state index is 0.661. The number of hydrogen-bond acceptors (Lipinski definition) is 6. The molecule has 5 nitrogen and oxygen atoms in total. The number of rotatable bonds is 4. The highest BCUT2D eigenvalue weighted by molar-refractivity contribution is 7.14. The minimum Gasteiger partial charge on any atom is -0.494 e. The highest BCUT2D eigenvalue weighted by Crippen LogP contribution is 2.32. The van der Waals surface area contributed by atoms with Gasteiger partial charge in [0.1, 0.15) is 5.75 Å². The monoisotopic (exact) mass is 298 g/mol. The van der Waals surface area contributed by atoms with Crippen molar-refractivity contribution >= 4 is 27.8 Å². The van der Waals surface area contributed by atoms with E-state index in [1.807, 2.05) is 29.6 Å². The Labute approximate surface area is 126 Å². The number of nitrogens with zero attached hydrogens (tertiary/aromatic N) is 2. The lowest BCUT2D eigenvalue weighted by Gasteiger charge is -2.09. The fourth-order valence-electron chi connectivity index (χ4n) is 1.91. The fraction of sp³-hybridized carbons (Fsp3) is 0.0667. The zero-order chi connectivity index (χ0) is 14.7. The van der Waals surface area contributed by atoms with E-state index in [9.17, 15) is 0 Å². The van der Waals surface area contributed by atoms with Gasteiger partial charge in [0.2, 0.25) is 0 Å². The molecule has 21 heavy (non-hydrogen) atoms. The molecule has 0 spiro atoms. The predicted octanol–water partition coefficient (Wildman–Crippen LogP) is 3.54. The topological polar surface area (TPSA) is 73.1 Å². The van der Waals surface area contributed by atoms with Crippen LogP contribution in [0.5, 0.6) is 5.75 Å². The number of nitrogen functional groups attached to an aromatic ring is 1. The van der Waals surface area contributed by atoms with Crippen LogP contribution in [0.3, 0.4) is 0 Å². The number of hydrogen-bond donors (Lipinski definition) is 2. The Morgan fingerprint density at radius 1 is 1.19 bits per heavy atom. The van der Waals surface area contributed by atoms with E-state index in [0.29, 0.717) is 11.4 Å². The largest absolute Gasteiger partial charge is 0.494 e. The highest BCUT2D eigenvalue weighted by atomic mass is 32.1. The third-order valence-corrected chi connectivity index (χ3v) is 3.71. The van der Waals surface area contributed by atoms with Crippen LogP contribution in [0.15, 0.2) is 48.1 Å². The highest BCUT2D eigenvalue weighted by Gasteiger charge is 2.08. The SMILES string of the molecule is COc1cc(N)ccc1Nc1nc(-c2ccncc2)cs1. The molecule has 0 amide bonds. The molecule has 0 unspecified atom stereocenters. The van der Waals surface area contributed by atoms with Gasteiger partial charge in [-0.3, -0.25) is 4.98 Å². The number of benzene rings is 1. The summed E-state index contributed by atoms with van der Waals surface area (Å²) < 4.78 is 5.32. The third-order valence-electron chi connectivity index (χ3n) is 2.95. The molecule has 3 aromatic rings. The van der Waals surface area contributed by atoms with E-state index < -0.39 is 0 Å². The number of ether oxygens (including phenoxy) is 1. The van der Waals surface area contributed by atoms with E-state index in [4.69, 9.17) is 10.5 Å². The van der Waals surface area contributed by atoms with Crippen molar-refractivity contribution in [2.24, 2.45) is 0 Å². The van der Waals surface area contributed by atoms with Crippen molar-refractivity contribution in [1.29, 1.82) is 0 Å². The second-order valence-corrected chi connectivity index (χ2v) is 5.22. The molecular formula is C15H14N4OS. The molecular weight excluding hydrogens is 284 g/mol. The first-order chi connectivity index (χ1) is 10.3. The Morgan fingerprint density at radius 2 is 2.00 bits per heavy atom. The van der Waals surface area contributed by atoms with Crippen molar-refractivity contribution in [3.05, 3.63) is 48.1 Å². The molecule has 106 valence electrons. The molecule has 0 fully saturated rings. The number of pyridine rings is 1. The van der Waals surface area contributed by atoms with Gasteiger partial charge in [-0.25, -0.2) is 4.98 Å². The van der Waals surface area contributed by atoms with Gasteiger partial charge in [0, 0.05) is 35.1 Å². The second kappa shape index (κ2) is 5.80. The standard InChI is InChI=1S/C15H14N4OS/c1-20-14-8-11(16)2-3-12(14)18-15-19-13(9-21-15)10-4-6-17-7-5-10/h2-9H,16H2,1H3,(H,18,19). The number of thiazole rings is 1. The van der Waals surface area contributed by atoms with Crippen LogP contribution in [0.25, 0.3) is 11.3 Å². The van der Waals surface area contributed by atoms with Crippen LogP contribution in [-0.4, -0.2) is 17.1 Å². The fourth-order valence-corrected chi connectivity index (χ4v) is 2.64. The number of nitrogens with two attached hydrogens (primary N) is 1. The molecule has 1 aromatic carbocycles. The van der Waals surface area contributed by atoms with E-state index in [1.54, 1.807) is 25.6 Å². The molecule has 0 atom stereocenters. The molecule has 0 aliphatic heterocycles. The summed E-state index contributed by atoms with van der Waals surface area (Å²) in [5, 5.41) is 6.05. The van der Waals surface area contributed by atoms with Crippen LogP contribution in [0.1, 0.15) is 0 Å². The first-order valence-electron chi connectivity index (χ1n) is 6.33. The molecule has 2 aromatic heterocycles. The zero-order valence-electron chi connectivity index (χ0n) is 11.4. The van der Waals surface area contributed by atoms with E-state index in [2.05, 4.69) is 15.3 Å². The minimum absolute atomic E-state index is 0.661. The Morgan fingerprint density at radius 3 is 2.76 bits per heavy atom. The van der Waals surface area contributed by atoms with Crippen LogP contribution >= 0.6 is 11.3 Å². The van der Waals surface area contributed by atoms with Gasteiger partial charge in [0.15, 0.2) is 5.13 Å². The van der Waals surface area contributed by atoms with Crippen molar-refractivity contribution in [2.45, 2.75) is 0 Å². The molecule has 0 saturated carbocycles. The van der Waals surface area contributed by atoms with Crippen molar-refractivity contribution in [1.82, 2.24) is 9.97 Å². The molecule has 0 bridgehead atoms. The molecule has 6 heteroatoms. The Bertz CT molecular complexity index is 742. The maximum atomic E-state index is 5.75. The summed E-state index contributed by atoms with van der Waals surface area (Å²) >= 11 is 1.53. The lowest BCUT2D eigenvalue weighted by atomic mass is 10.2. The average Bonchev–Trinajstić information content (AvgIpc) is 2.98. The molecule has 2 heterocycles. The number of aromatic nitrogens is 2. The van der Waals surface area contributed by atoms with E-state index in [-0.39, 0.29) is 0 Å². The van der Waals surface area contributed by atoms with Crippen LogP contribution < -0.4 is 15.8 Å². The Balaban J connectivity index is 1.85. The predicted molar refractivity (Wildman–Crippen MR) is 86.0 cm³/mol. The van der Waals surface area contributed by atoms with Gasteiger partial charge in [-0.1, -0.05) is 0 Å². The second-order valence-electron chi connectivity index (χ2n) is 4.36. The quantitative estimate of drug-likeness (QED) is 0.721. The van der Waals surface area contributed by atoms with Gasteiger partial charge in [-0.05, 0) is 24.3 Å². The molecule has 3 N–H and O–H groups in total. The molecule has 0 radical (unpaired) electrons. The summed E-state index contributed by atoms with van der Waals surface area (Å²) in [6.45, 7) is 0. The summed E-state index contributed by atoms with van der Waals surface area (Å²) in [6, 6.07) is 9.34. The lowest BCUT2D eigenvalue weighted by molar-refractivity contribution is 0.417. The smallest absolute Gasteiger partial charge is 0.187 e. The van der Waals surface area contributed by atoms with Gasteiger partial charge in [0.05, 0.1) is 18.5 Å². The van der Waals surface area contributed by atoms with E-state index >= 15 is 0 Å². The summed E-state index contributed by atoms with van der Waals surface area (Å²) in [6.07, 6.45) is 3.51. The Kier molecular flexibility index (Phi) is 3.70. The Hall–Kier alpha value is -2.60. The molecule has 0 saturated heterocycles. The maximum Gasteiger partial charge on any atom is 0.187 e. The molecule has 0 aliphatic rings. The van der Waals surface area contributed by atoms with Crippen LogP contribution in [0, 0.1) is 0 Å². The number of methoxy groups -OCH3 is 1. The summed E-state index contributed by atoms with van der Waals surface area (Å²) in [5.74, 6) is 0.690. The zero-order valence-corrected chi connectivity index (χ0v) is 12.2. The maximum absolute atomic E-state index is 5.75. The summed E-state index contributed by atoms with van der Waals surface area (Å²) in [4.78, 5) is 8.57. The van der Waals surface area contributed by atoms with E-state index in [1.165, 1.54) is 11.3 Å². The number of nitrogens with one attached hydrogen (secondary N) is 1. The summed E-state index contributed by atoms with van der Waals surface area (Å²) in [7, 11) is 1.62. The van der Waals surface area contributed by atoms with Crippen LogP contribution in [-0.2, 0) is 0 Å². The van der Waals surface area contributed by atoms with Crippen molar-refractivity contribution < 1.29 is 4.74 Å². The molecule has 3 rings (SSSR count). The first kappa shape index (κ1) is 13.4. The van der Waals surface area contributed by atoms with Crippen molar-refractivity contribution in [3.63, 3.8) is 0 Å². The summed E-state index contributed by atoms with van der Waals surface area (Å²) in [5.41, 5.74) is 9.20. The van der Waals surface area contributed by atoms with Gasteiger partial charge in [-0.2, -0.15) is 0 Å². The van der Waals surface area contributed by atoms with Crippen molar-refractivity contribution in [3.8, 4) is 17.0 Å². The van der Waals surface area contributed by atoms with E-state index in [0.717, 1.165) is 22.1 Å². The average molecular weight is 298 g/mol. The normalized spacial score (nSPS) is 10.3. The van der Waals surface area contributed by atoms with Gasteiger partial charge >= 0.3 is 0 Å². The van der Waals surface area contributed by atoms with Gasteiger partial charge in [-0.15, -0.1) is 11.3 Å². The first-order valence-corrected chi connectivity index (χ1v) is 7.20. The van der Waals surface area contributed by atoms with Gasteiger partial charge < -0.3 is 15.8 Å². The third kappa shape index (κ3) is 2.95. The molecule has 0 aliphatic carbocycles. The lowest BCUT2D eigenvalue weighted by Crippen LogP contribution is -1.96.